The number of amides is 1. The molecule has 5 nitrogen and oxygen atoms in total. The second-order valence-corrected chi connectivity index (χ2v) is 6.42. The third-order valence-electron chi connectivity index (χ3n) is 3.73. The van der Waals surface area contributed by atoms with Crippen molar-refractivity contribution in [1.29, 1.82) is 0 Å². The molecule has 0 radical (unpaired) electrons. The SMILES string of the molecule is COCCOc1ccc(C(=O)NC(=S)Nc2ccccc2C(C)C)cc1. The van der Waals surface area contributed by atoms with Crippen molar-refractivity contribution in [2.45, 2.75) is 19.8 Å². The maximum absolute atomic E-state index is 12.3. The van der Waals surface area contributed by atoms with E-state index in [-0.39, 0.29) is 11.0 Å². The molecule has 0 bridgehead atoms. The lowest BCUT2D eigenvalue weighted by atomic mass is 10.0. The number of rotatable bonds is 7. The lowest BCUT2D eigenvalue weighted by Crippen LogP contribution is -2.34. The summed E-state index contributed by atoms with van der Waals surface area (Å²) in [5.41, 5.74) is 2.54. The van der Waals surface area contributed by atoms with Gasteiger partial charge in [-0.15, -0.1) is 0 Å². The van der Waals surface area contributed by atoms with E-state index in [4.69, 9.17) is 21.7 Å². The van der Waals surface area contributed by atoms with Crippen LogP contribution in [-0.2, 0) is 4.74 Å². The second kappa shape index (κ2) is 9.89. The van der Waals surface area contributed by atoms with E-state index in [0.29, 0.717) is 30.4 Å². The van der Waals surface area contributed by atoms with Crippen molar-refractivity contribution in [1.82, 2.24) is 5.32 Å². The highest BCUT2D eigenvalue weighted by molar-refractivity contribution is 7.80. The fourth-order valence-corrected chi connectivity index (χ4v) is 2.59. The van der Waals surface area contributed by atoms with Crippen LogP contribution in [0.2, 0.25) is 0 Å². The molecule has 0 aliphatic rings. The number of benzene rings is 2. The van der Waals surface area contributed by atoms with Crippen LogP contribution in [0.15, 0.2) is 48.5 Å². The van der Waals surface area contributed by atoms with Gasteiger partial charge in [0.25, 0.3) is 5.91 Å². The van der Waals surface area contributed by atoms with Gasteiger partial charge in [-0.05, 0) is 54.0 Å². The van der Waals surface area contributed by atoms with Crippen molar-refractivity contribution in [3.63, 3.8) is 0 Å². The van der Waals surface area contributed by atoms with E-state index < -0.39 is 0 Å². The molecule has 0 saturated carbocycles. The first-order valence-corrected chi connectivity index (χ1v) is 8.85. The summed E-state index contributed by atoms with van der Waals surface area (Å²) in [5.74, 6) is 0.765. The van der Waals surface area contributed by atoms with Crippen LogP contribution in [0.5, 0.6) is 5.75 Å². The summed E-state index contributed by atoms with van der Waals surface area (Å²) < 4.78 is 10.4. The van der Waals surface area contributed by atoms with Gasteiger partial charge in [0.15, 0.2) is 5.11 Å². The normalized spacial score (nSPS) is 10.5. The van der Waals surface area contributed by atoms with Crippen LogP contribution in [0.1, 0.15) is 35.7 Å². The summed E-state index contributed by atoms with van der Waals surface area (Å²) in [6.07, 6.45) is 0. The topological polar surface area (TPSA) is 59.6 Å². The van der Waals surface area contributed by atoms with Crippen LogP contribution < -0.4 is 15.4 Å². The number of thiocarbonyl (C=S) groups is 1. The number of hydrogen-bond acceptors (Lipinski definition) is 4. The van der Waals surface area contributed by atoms with Crippen LogP contribution in [0.25, 0.3) is 0 Å². The number of methoxy groups -OCH3 is 1. The van der Waals surface area contributed by atoms with Gasteiger partial charge in [-0.1, -0.05) is 32.0 Å². The molecule has 0 heterocycles. The summed E-state index contributed by atoms with van der Waals surface area (Å²) in [7, 11) is 1.62. The Morgan fingerprint density at radius 1 is 1.08 bits per heavy atom. The molecule has 0 saturated heterocycles. The summed E-state index contributed by atoms with van der Waals surface area (Å²) >= 11 is 5.27. The highest BCUT2D eigenvalue weighted by Gasteiger charge is 2.11. The summed E-state index contributed by atoms with van der Waals surface area (Å²) in [5, 5.41) is 6.07. The molecule has 0 spiro atoms. The number of nitrogens with one attached hydrogen (secondary N) is 2. The number of carbonyl (C=O) groups excluding carboxylic acids is 1. The molecule has 1 amide bonds. The minimum atomic E-state index is -0.270. The molecular formula is C20H24N2O3S. The minimum Gasteiger partial charge on any atom is -0.491 e. The predicted octanol–water partition coefficient (Wildman–Crippen LogP) is 3.96. The fraction of sp³-hybridized carbons (Fsp3) is 0.300. The van der Waals surface area contributed by atoms with Gasteiger partial charge in [0.05, 0.1) is 6.61 Å². The van der Waals surface area contributed by atoms with Gasteiger partial charge in [-0.3, -0.25) is 10.1 Å². The van der Waals surface area contributed by atoms with Crippen molar-refractivity contribution in [3.05, 3.63) is 59.7 Å². The quantitative estimate of drug-likeness (QED) is 0.569. The van der Waals surface area contributed by atoms with Gasteiger partial charge in [-0.25, -0.2) is 0 Å². The minimum absolute atomic E-state index is 0.267. The Bertz CT molecular complexity index is 745. The lowest BCUT2D eigenvalue weighted by Gasteiger charge is -2.15. The van der Waals surface area contributed by atoms with Gasteiger partial charge < -0.3 is 14.8 Å². The number of anilines is 1. The molecule has 0 atom stereocenters. The second-order valence-electron chi connectivity index (χ2n) is 6.02. The average molecular weight is 372 g/mol. The monoisotopic (exact) mass is 372 g/mol. The zero-order valence-corrected chi connectivity index (χ0v) is 16.1. The van der Waals surface area contributed by atoms with E-state index in [0.717, 1.165) is 11.3 Å². The molecule has 2 rings (SSSR count). The zero-order chi connectivity index (χ0) is 18.9. The van der Waals surface area contributed by atoms with Gasteiger partial charge in [0.2, 0.25) is 0 Å². The zero-order valence-electron chi connectivity index (χ0n) is 15.2. The fourth-order valence-electron chi connectivity index (χ4n) is 2.39. The van der Waals surface area contributed by atoms with E-state index in [1.54, 1.807) is 31.4 Å². The molecule has 0 fully saturated rings. The molecule has 0 aromatic heterocycles. The molecule has 0 aliphatic carbocycles. The third kappa shape index (κ3) is 5.82. The number of para-hydroxylation sites is 1. The van der Waals surface area contributed by atoms with Crippen LogP contribution in [0.3, 0.4) is 0 Å². The largest absolute Gasteiger partial charge is 0.491 e. The molecule has 26 heavy (non-hydrogen) atoms. The standard InChI is InChI=1S/C20H24N2O3S/c1-14(2)17-6-4-5-7-18(17)21-20(26)22-19(23)15-8-10-16(11-9-15)25-13-12-24-3/h4-11,14H,12-13H2,1-3H3,(H2,21,22,23,26). The van der Waals surface area contributed by atoms with E-state index >= 15 is 0 Å². The van der Waals surface area contributed by atoms with Gasteiger partial charge >= 0.3 is 0 Å². The third-order valence-corrected chi connectivity index (χ3v) is 3.93. The molecule has 2 N–H and O–H groups in total. The first-order chi connectivity index (χ1) is 12.5. The van der Waals surface area contributed by atoms with Gasteiger partial charge in [-0.2, -0.15) is 0 Å². The Morgan fingerprint density at radius 3 is 2.42 bits per heavy atom. The molecule has 6 heteroatoms. The van der Waals surface area contributed by atoms with E-state index in [9.17, 15) is 4.79 Å². The van der Waals surface area contributed by atoms with Crippen molar-refractivity contribution >= 4 is 28.9 Å². The van der Waals surface area contributed by atoms with Crippen molar-refractivity contribution in [3.8, 4) is 5.75 Å². The van der Waals surface area contributed by atoms with Crippen molar-refractivity contribution in [2.75, 3.05) is 25.6 Å². The Hall–Kier alpha value is -2.44. The van der Waals surface area contributed by atoms with Gasteiger partial charge in [0, 0.05) is 18.4 Å². The molecule has 138 valence electrons. The summed E-state index contributed by atoms with van der Waals surface area (Å²) in [4.78, 5) is 12.3. The highest BCUT2D eigenvalue weighted by Crippen LogP contribution is 2.23. The van der Waals surface area contributed by atoms with E-state index in [1.807, 2.05) is 24.3 Å². The summed E-state index contributed by atoms with van der Waals surface area (Å²) in [6.45, 7) is 5.20. The van der Waals surface area contributed by atoms with Crippen LogP contribution >= 0.6 is 12.2 Å². The Labute approximate surface area is 159 Å². The highest BCUT2D eigenvalue weighted by atomic mass is 32.1. The van der Waals surface area contributed by atoms with Crippen molar-refractivity contribution < 1.29 is 14.3 Å². The number of carbonyl (C=O) groups is 1. The van der Waals surface area contributed by atoms with Crippen LogP contribution in [-0.4, -0.2) is 31.3 Å². The Morgan fingerprint density at radius 2 is 1.77 bits per heavy atom. The average Bonchev–Trinajstić information content (AvgIpc) is 2.62. The van der Waals surface area contributed by atoms with E-state index in [2.05, 4.69) is 24.5 Å². The smallest absolute Gasteiger partial charge is 0.257 e. The molecule has 0 aliphatic heterocycles. The number of ether oxygens (including phenoxy) is 2. The first kappa shape index (κ1) is 19.9. The van der Waals surface area contributed by atoms with Crippen LogP contribution in [0.4, 0.5) is 5.69 Å². The predicted molar refractivity (Wildman–Crippen MR) is 108 cm³/mol. The maximum atomic E-state index is 12.3. The molecule has 0 unspecified atom stereocenters. The molecular weight excluding hydrogens is 348 g/mol. The molecule has 2 aromatic rings. The Balaban J connectivity index is 1.94. The van der Waals surface area contributed by atoms with Gasteiger partial charge in [0.1, 0.15) is 12.4 Å². The van der Waals surface area contributed by atoms with Crippen molar-refractivity contribution in [2.24, 2.45) is 0 Å². The maximum Gasteiger partial charge on any atom is 0.257 e. The van der Waals surface area contributed by atoms with E-state index in [1.165, 1.54) is 0 Å². The summed E-state index contributed by atoms with van der Waals surface area (Å²) in [6, 6.07) is 14.8. The number of hydrogen-bond donors (Lipinski definition) is 2. The lowest BCUT2D eigenvalue weighted by molar-refractivity contribution is 0.0977. The van der Waals surface area contributed by atoms with Crippen LogP contribution in [0, 0.1) is 0 Å². The first-order valence-electron chi connectivity index (χ1n) is 8.44. The molecule has 2 aromatic carbocycles. The Kier molecular flexibility index (Phi) is 7.56.